The van der Waals surface area contributed by atoms with E-state index in [0.717, 1.165) is 6.42 Å². The number of nitriles is 1. The van der Waals surface area contributed by atoms with Crippen molar-refractivity contribution >= 4 is 0 Å². The molecule has 0 bridgehead atoms. The maximum Gasteiger partial charge on any atom is 0.0661 e. The van der Waals surface area contributed by atoms with E-state index in [2.05, 4.69) is 37.4 Å². The molecule has 0 fully saturated rings. The van der Waals surface area contributed by atoms with E-state index in [1.54, 1.807) is 0 Å². The molecule has 0 aliphatic heterocycles. The second-order valence-electron chi connectivity index (χ2n) is 4.17. The summed E-state index contributed by atoms with van der Waals surface area (Å²) in [5.41, 5.74) is 1.25. The molecule has 0 spiro atoms. The highest BCUT2D eigenvalue weighted by Crippen LogP contribution is 2.15. The van der Waals surface area contributed by atoms with E-state index >= 15 is 0 Å². The van der Waals surface area contributed by atoms with Crippen LogP contribution in [-0.4, -0.2) is 14.1 Å². The maximum atomic E-state index is 8.91. The first-order valence-corrected chi connectivity index (χ1v) is 5.67. The van der Waals surface area contributed by atoms with Crippen molar-refractivity contribution in [1.29, 1.82) is 5.26 Å². The van der Waals surface area contributed by atoms with Crippen molar-refractivity contribution in [2.75, 3.05) is 14.1 Å². The summed E-state index contributed by atoms with van der Waals surface area (Å²) in [5, 5.41) is 11.7. The van der Waals surface area contributed by atoms with Gasteiger partial charge >= 0.3 is 0 Å². The summed E-state index contributed by atoms with van der Waals surface area (Å²) in [6.07, 6.45) is 0.870. The molecule has 0 aliphatic rings. The van der Waals surface area contributed by atoms with Gasteiger partial charge < -0.3 is 5.32 Å². The normalized spacial score (nSPS) is 11.2. The van der Waals surface area contributed by atoms with Crippen molar-refractivity contribution in [3.05, 3.63) is 35.9 Å². The molecule has 1 unspecified atom stereocenters. The summed E-state index contributed by atoms with van der Waals surface area (Å²) in [5.74, 6) is 0.576. The molecule has 0 saturated heterocycles. The summed E-state index contributed by atoms with van der Waals surface area (Å²) in [6.45, 7) is 4.19. The Kier molecular flexibility index (Phi) is 8.19. The molecule has 1 aromatic carbocycles. The predicted octanol–water partition coefficient (Wildman–Crippen LogP) is 2.86. The SMILES string of the molecule is CC(C)C(C#N)Cc1ccccc1.CNC. The van der Waals surface area contributed by atoms with Gasteiger partial charge in [-0.05, 0) is 32.0 Å². The second-order valence-corrected chi connectivity index (χ2v) is 4.17. The van der Waals surface area contributed by atoms with E-state index in [4.69, 9.17) is 5.26 Å². The Morgan fingerprint density at radius 3 is 2.06 bits per heavy atom. The number of nitrogens with zero attached hydrogens (tertiary/aromatic N) is 1. The molecule has 1 atom stereocenters. The molecule has 0 aliphatic carbocycles. The Hall–Kier alpha value is -1.33. The van der Waals surface area contributed by atoms with Gasteiger partial charge in [-0.1, -0.05) is 44.2 Å². The van der Waals surface area contributed by atoms with Gasteiger partial charge in [-0.3, -0.25) is 0 Å². The van der Waals surface area contributed by atoms with Gasteiger partial charge in [0.1, 0.15) is 0 Å². The number of nitrogens with one attached hydrogen (secondary N) is 1. The molecule has 0 aromatic heterocycles. The fraction of sp³-hybridized carbons (Fsp3) is 0.500. The molecule has 0 amide bonds. The fourth-order valence-electron chi connectivity index (χ4n) is 1.30. The largest absolute Gasteiger partial charge is 0.323 e. The third-order valence-electron chi connectivity index (χ3n) is 2.27. The van der Waals surface area contributed by atoms with E-state index in [-0.39, 0.29) is 5.92 Å². The lowest BCUT2D eigenvalue weighted by molar-refractivity contribution is 0.474. The second kappa shape index (κ2) is 8.94. The number of hydrogen-bond acceptors (Lipinski definition) is 2. The minimum absolute atomic E-state index is 0.141. The summed E-state index contributed by atoms with van der Waals surface area (Å²) in [6, 6.07) is 12.5. The topological polar surface area (TPSA) is 35.8 Å². The minimum atomic E-state index is 0.141. The molecule has 1 N–H and O–H groups in total. The van der Waals surface area contributed by atoms with Crippen LogP contribution in [0.5, 0.6) is 0 Å². The molecular formula is C14H22N2. The average molecular weight is 218 g/mol. The van der Waals surface area contributed by atoms with E-state index in [9.17, 15) is 0 Å². The van der Waals surface area contributed by atoms with Gasteiger partial charge in [0.05, 0.1) is 12.0 Å². The maximum absolute atomic E-state index is 8.91. The number of benzene rings is 1. The lowest BCUT2D eigenvalue weighted by Crippen LogP contribution is -2.09. The van der Waals surface area contributed by atoms with Crippen molar-refractivity contribution < 1.29 is 0 Å². The van der Waals surface area contributed by atoms with Crippen LogP contribution in [0.3, 0.4) is 0 Å². The molecule has 16 heavy (non-hydrogen) atoms. The Labute approximate surface area is 99.3 Å². The minimum Gasteiger partial charge on any atom is -0.323 e. The summed E-state index contributed by atoms with van der Waals surface area (Å²) in [4.78, 5) is 0. The molecular weight excluding hydrogens is 196 g/mol. The van der Waals surface area contributed by atoms with Crippen molar-refractivity contribution in [1.82, 2.24) is 5.32 Å². The predicted molar refractivity (Wildman–Crippen MR) is 69.1 cm³/mol. The van der Waals surface area contributed by atoms with Gasteiger partial charge in [0.15, 0.2) is 0 Å². The first kappa shape index (κ1) is 14.7. The first-order chi connectivity index (χ1) is 7.65. The first-order valence-electron chi connectivity index (χ1n) is 5.67. The molecule has 2 heteroatoms. The van der Waals surface area contributed by atoms with Crippen LogP contribution in [0.15, 0.2) is 30.3 Å². The summed E-state index contributed by atoms with van der Waals surface area (Å²) in [7, 11) is 3.75. The summed E-state index contributed by atoms with van der Waals surface area (Å²) >= 11 is 0. The van der Waals surface area contributed by atoms with Crippen LogP contribution >= 0.6 is 0 Å². The smallest absolute Gasteiger partial charge is 0.0661 e. The van der Waals surface area contributed by atoms with Crippen molar-refractivity contribution in [2.45, 2.75) is 20.3 Å². The van der Waals surface area contributed by atoms with Crippen LogP contribution in [0, 0.1) is 23.2 Å². The Bertz CT molecular complexity index is 298. The van der Waals surface area contributed by atoms with Crippen molar-refractivity contribution in [3.63, 3.8) is 0 Å². The Balaban J connectivity index is 0.000000673. The molecule has 1 aromatic rings. The van der Waals surface area contributed by atoms with Gasteiger partial charge in [-0.2, -0.15) is 5.26 Å². The monoisotopic (exact) mass is 218 g/mol. The van der Waals surface area contributed by atoms with E-state index in [0.29, 0.717) is 5.92 Å². The Morgan fingerprint density at radius 2 is 1.69 bits per heavy atom. The van der Waals surface area contributed by atoms with Crippen LogP contribution in [0.25, 0.3) is 0 Å². The molecule has 0 heterocycles. The highest BCUT2D eigenvalue weighted by molar-refractivity contribution is 5.16. The van der Waals surface area contributed by atoms with E-state index in [1.165, 1.54) is 5.56 Å². The third-order valence-corrected chi connectivity index (χ3v) is 2.27. The number of hydrogen-bond donors (Lipinski definition) is 1. The molecule has 88 valence electrons. The van der Waals surface area contributed by atoms with Crippen molar-refractivity contribution in [3.8, 4) is 6.07 Å². The molecule has 2 nitrogen and oxygen atoms in total. The zero-order chi connectivity index (χ0) is 12.4. The lowest BCUT2D eigenvalue weighted by Gasteiger charge is -2.12. The van der Waals surface area contributed by atoms with E-state index in [1.807, 2.05) is 32.3 Å². The van der Waals surface area contributed by atoms with E-state index < -0.39 is 0 Å². The van der Waals surface area contributed by atoms with Gasteiger partial charge in [0.25, 0.3) is 0 Å². The van der Waals surface area contributed by atoms with Crippen LogP contribution in [0.2, 0.25) is 0 Å². The van der Waals surface area contributed by atoms with Gasteiger partial charge in [-0.15, -0.1) is 0 Å². The quantitative estimate of drug-likeness (QED) is 0.846. The molecule has 0 saturated carbocycles. The zero-order valence-electron chi connectivity index (χ0n) is 10.7. The van der Waals surface area contributed by atoms with Gasteiger partial charge in [-0.25, -0.2) is 0 Å². The van der Waals surface area contributed by atoms with Gasteiger partial charge in [0.2, 0.25) is 0 Å². The van der Waals surface area contributed by atoms with Crippen LogP contribution in [-0.2, 0) is 6.42 Å². The van der Waals surface area contributed by atoms with Gasteiger partial charge in [0, 0.05) is 0 Å². The highest BCUT2D eigenvalue weighted by atomic mass is 14.7. The standard InChI is InChI=1S/C12H15N.C2H7N/c1-10(2)12(9-13)8-11-6-4-3-5-7-11;1-3-2/h3-7,10,12H,8H2,1-2H3;3H,1-2H3. The zero-order valence-corrected chi connectivity index (χ0v) is 10.7. The third kappa shape index (κ3) is 6.21. The van der Waals surface area contributed by atoms with Crippen LogP contribution < -0.4 is 5.32 Å². The van der Waals surface area contributed by atoms with Crippen molar-refractivity contribution in [2.24, 2.45) is 11.8 Å². The number of rotatable bonds is 3. The highest BCUT2D eigenvalue weighted by Gasteiger charge is 2.12. The average Bonchev–Trinajstić information content (AvgIpc) is 2.28. The lowest BCUT2D eigenvalue weighted by atomic mass is 9.91. The molecule has 0 radical (unpaired) electrons. The van der Waals surface area contributed by atoms with Crippen LogP contribution in [0.1, 0.15) is 19.4 Å². The Morgan fingerprint density at radius 1 is 1.19 bits per heavy atom. The van der Waals surface area contributed by atoms with Crippen LogP contribution in [0.4, 0.5) is 0 Å². The fourth-order valence-corrected chi connectivity index (χ4v) is 1.30. The molecule has 1 rings (SSSR count). The summed E-state index contributed by atoms with van der Waals surface area (Å²) < 4.78 is 0.